The molecule has 1 N–H and O–H groups in total. The first-order valence-corrected chi connectivity index (χ1v) is 2.68. The van der Waals surface area contributed by atoms with E-state index in [0.29, 0.717) is 0 Å². The number of allylic oxidation sites excluding steroid dienone is 3. The van der Waals surface area contributed by atoms with Crippen molar-refractivity contribution in [2.24, 2.45) is 0 Å². The molecule has 0 heterocycles. The minimum absolute atomic E-state index is 0. The van der Waals surface area contributed by atoms with Crippen LogP contribution < -0.4 is 51.4 Å². The summed E-state index contributed by atoms with van der Waals surface area (Å²) in [5.74, 6) is 0. The van der Waals surface area contributed by atoms with Gasteiger partial charge in [0.25, 0.3) is 0 Å². The predicted molar refractivity (Wildman–Crippen MR) is 37.8 cm³/mol. The van der Waals surface area contributed by atoms with Crippen LogP contribution in [0.4, 0.5) is 13.2 Å². The average molecular weight is 201 g/mol. The van der Waals surface area contributed by atoms with Gasteiger partial charge in [-0.15, -0.1) is 12.3 Å². The molecule has 0 amide bonds. The van der Waals surface area contributed by atoms with Crippen molar-refractivity contribution >= 4 is 0 Å². The molecule has 62 valence electrons. The van der Waals surface area contributed by atoms with Gasteiger partial charge in [-0.1, -0.05) is 18.7 Å². The first kappa shape index (κ1) is 14.9. The van der Waals surface area contributed by atoms with E-state index in [1.165, 1.54) is 0 Å². The summed E-state index contributed by atoms with van der Waals surface area (Å²) < 4.78 is 35.0. The third kappa shape index (κ3) is 7.11. The fourth-order valence-electron chi connectivity index (χ4n) is 0.296. The minimum atomic E-state index is -4.41. The van der Waals surface area contributed by atoms with Gasteiger partial charge in [-0.05, 0) is 0 Å². The van der Waals surface area contributed by atoms with E-state index in [0.717, 1.165) is 12.2 Å². The van der Waals surface area contributed by atoms with Crippen LogP contribution in [0.25, 0.3) is 5.73 Å². The van der Waals surface area contributed by atoms with Crippen LogP contribution in [0.15, 0.2) is 36.6 Å². The Labute approximate surface area is 112 Å². The number of alkyl halides is 3. The Hall–Kier alpha value is 0.446. The Morgan fingerprint density at radius 2 is 1.58 bits per heavy atom. The minimum Gasteiger partial charge on any atom is -0.699 e. The molecule has 1 nitrogen and oxygen atoms in total. The van der Waals surface area contributed by atoms with Gasteiger partial charge in [-0.25, -0.2) is 0 Å². The van der Waals surface area contributed by atoms with E-state index >= 15 is 0 Å². The van der Waals surface area contributed by atoms with E-state index in [1.807, 2.05) is 0 Å². The van der Waals surface area contributed by atoms with Crippen LogP contribution in [-0.2, 0) is 0 Å². The Morgan fingerprint density at radius 1 is 1.17 bits per heavy atom. The van der Waals surface area contributed by atoms with Crippen molar-refractivity contribution in [2.45, 2.75) is 6.18 Å². The molecule has 0 aromatic carbocycles. The molecule has 0 aliphatic carbocycles. The summed E-state index contributed by atoms with van der Waals surface area (Å²) in [6.07, 6.45) is -2.75. The summed E-state index contributed by atoms with van der Waals surface area (Å²) in [6, 6.07) is 0. The maximum absolute atomic E-state index is 11.7. The second-order valence-electron chi connectivity index (χ2n) is 1.88. The van der Waals surface area contributed by atoms with E-state index in [2.05, 4.69) is 13.2 Å². The first-order valence-electron chi connectivity index (χ1n) is 2.68. The van der Waals surface area contributed by atoms with Gasteiger partial charge in [0, 0.05) is 5.57 Å². The SMILES string of the molecule is C=C([NH-])/C=C\C(=C)C(F)(F)F.[K+]. The predicted octanol–water partition coefficient (Wildman–Crippen LogP) is 0.231. The molecule has 0 spiro atoms. The zero-order valence-electron chi connectivity index (χ0n) is 6.70. The van der Waals surface area contributed by atoms with Gasteiger partial charge in [0.1, 0.15) is 0 Å². The van der Waals surface area contributed by atoms with Crippen LogP contribution in [0.3, 0.4) is 0 Å². The molecule has 0 aromatic heterocycles. The van der Waals surface area contributed by atoms with E-state index in [1.54, 1.807) is 0 Å². The fourth-order valence-corrected chi connectivity index (χ4v) is 0.296. The quantitative estimate of drug-likeness (QED) is 0.451. The molecule has 0 fully saturated rings. The van der Waals surface area contributed by atoms with E-state index in [-0.39, 0.29) is 57.1 Å². The number of rotatable bonds is 2. The van der Waals surface area contributed by atoms with Gasteiger partial charge in [0.05, 0.1) is 0 Å². The molecule has 0 unspecified atom stereocenters. The standard InChI is InChI=1S/C7H7F3N.K/c1-5(7(8,9)10)3-4-6(2)11;/h3-4,11H,1-2H2;/q-1;+1/b4-3-;. The van der Waals surface area contributed by atoms with Crippen LogP contribution in [0.2, 0.25) is 0 Å². The van der Waals surface area contributed by atoms with Gasteiger partial charge < -0.3 is 5.73 Å². The summed E-state index contributed by atoms with van der Waals surface area (Å²) >= 11 is 0. The average Bonchev–Trinajstić information content (AvgIpc) is 1.80. The van der Waals surface area contributed by atoms with Crippen molar-refractivity contribution in [2.75, 3.05) is 0 Å². The Balaban J connectivity index is 0. The number of nitrogens with one attached hydrogen (secondary N) is 1. The summed E-state index contributed by atoms with van der Waals surface area (Å²) in [5, 5.41) is 0. The summed E-state index contributed by atoms with van der Waals surface area (Å²) in [6.45, 7) is 5.84. The van der Waals surface area contributed by atoms with Crippen LogP contribution >= 0.6 is 0 Å². The molecule has 0 rings (SSSR count). The third-order valence-corrected chi connectivity index (χ3v) is 0.850. The molecule has 12 heavy (non-hydrogen) atoms. The van der Waals surface area contributed by atoms with Crippen molar-refractivity contribution in [3.05, 3.63) is 42.3 Å². The maximum Gasteiger partial charge on any atom is 1.00 e. The molecule has 0 aliphatic rings. The van der Waals surface area contributed by atoms with Gasteiger partial charge in [-0.2, -0.15) is 13.2 Å². The molecule has 0 bridgehead atoms. The summed E-state index contributed by atoms with van der Waals surface area (Å²) in [7, 11) is 0. The second kappa shape index (κ2) is 5.99. The molecule has 0 saturated carbocycles. The number of hydrogen-bond acceptors (Lipinski definition) is 0. The van der Waals surface area contributed by atoms with Crippen LogP contribution in [0.5, 0.6) is 0 Å². The molecule has 0 aromatic rings. The van der Waals surface area contributed by atoms with Crippen molar-refractivity contribution in [3.63, 3.8) is 0 Å². The summed E-state index contributed by atoms with van der Waals surface area (Å²) in [4.78, 5) is 0. The van der Waals surface area contributed by atoms with E-state index in [4.69, 9.17) is 5.73 Å². The topological polar surface area (TPSA) is 23.8 Å². The fraction of sp³-hybridized carbons (Fsp3) is 0.143. The van der Waals surface area contributed by atoms with Crippen molar-refractivity contribution in [1.82, 2.24) is 0 Å². The Bertz CT molecular complexity index is 205. The molecular formula is C7H7F3KN. The van der Waals surface area contributed by atoms with Crippen LogP contribution in [0, 0.1) is 0 Å². The van der Waals surface area contributed by atoms with Crippen molar-refractivity contribution in [3.8, 4) is 0 Å². The molecule has 0 radical (unpaired) electrons. The Kier molecular flexibility index (Phi) is 7.45. The van der Waals surface area contributed by atoms with Gasteiger partial charge >= 0.3 is 57.6 Å². The second-order valence-corrected chi connectivity index (χ2v) is 1.88. The molecule has 0 aliphatic heterocycles. The largest absolute Gasteiger partial charge is 1.00 e. The molecule has 0 atom stereocenters. The number of halogens is 3. The normalized spacial score (nSPS) is 10.9. The van der Waals surface area contributed by atoms with Gasteiger partial charge in [-0.3, -0.25) is 0 Å². The van der Waals surface area contributed by atoms with E-state index in [9.17, 15) is 13.2 Å². The summed E-state index contributed by atoms with van der Waals surface area (Å²) in [5.41, 5.74) is 5.52. The maximum atomic E-state index is 11.7. The van der Waals surface area contributed by atoms with Crippen LogP contribution in [-0.4, -0.2) is 6.18 Å². The molecular weight excluding hydrogens is 194 g/mol. The monoisotopic (exact) mass is 201 g/mol. The molecule has 5 heteroatoms. The third-order valence-electron chi connectivity index (χ3n) is 0.850. The Morgan fingerprint density at radius 3 is 1.83 bits per heavy atom. The van der Waals surface area contributed by atoms with E-state index < -0.39 is 11.7 Å². The van der Waals surface area contributed by atoms with Crippen molar-refractivity contribution in [1.29, 1.82) is 0 Å². The zero-order valence-corrected chi connectivity index (χ0v) is 9.83. The van der Waals surface area contributed by atoms with Gasteiger partial charge in [0.15, 0.2) is 0 Å². The van der Waals surface area contributed by atoms with Gasteiger partial charge in [0.2, 0.25) is 0 Å². The molecule has 0 saturated heterocycles. The van der Waals surface area contributed by atoms with Crippen LogP contribution in [0.1, 0.15) is 0 Å². The smallest absolute Gasteiger partial charge is 0.699 e. The van der Waals surface area contributed by atoms with Crippen molar-refractivity contribution < 1.29 is 64.6 Å². The zero-order chi connectivity index (χ0) is 9.07. The first-order chi connectivity index (χ1) is 4.84. The number of hydrogen-bond donors (Lipinski definition) is 0.